The van der Waals surface area contributed by atoms with E-state index in [1.165, 1.54) is 10.8 Å². The van der Waals surface area contributed by atoms with Gasteiger partial charge < -0.3 is 9.15 Å². The third-order valence-electron chi connectivity index (χ3n) is 3.58. The first-order valence-corrected chi connectivity index (χ1v) is 7.13. The number of esters is 1. The van der Waals surface area contributed by atoms with Crippen molar-refractivity contribution < 1.29 is 13.9 Å². The number of carbonyl (C=O) groups excluding carboxylic acids is 1. The van der Waals surface area contributed by atoms with Gasteiger partial charge in [0.15, 0.2) is 0 Å². The number of ether oxygens (including phenoxy) is 1. The minimum absolute atomic E-state index is 0.0838. The molecule has 3 aromatic heterocycles. The molecule has 3 heterocycles. The summed E-state index contributed by atoms with van der Waals surface area (Å²) >= 11 is 0. The maximum Gasteiger partial charge on any atom is 0.341 e. The van der Waals surface area contributed by atoms with Crippen LogP contribution in [0.15, 0.2) is 21.6 Å². The number of furan rings is 1. The summed E-state index contributed by atoms with van der Waals surface area (Å²) in [4.78, 5) is 32.5. The third kappa shape index (κ3) is 2.75. The Morgan fingerprint density at radius 1 is 1.39 bits per heavy atom. The van der Waals surface area contributed by atoms with Crippen LogP contribution in [0.4, 0.5) is 0 Å². The minimum atomic E-state index is -0.465. The summed E-state index contributed by atoms with van der Waals surface area (Å²) in [6.07, 6.45) is 1.68. The SMILES string of the molecule is Cc1cc(C(=O)OCCc2c(C)nc3nc[nH]n3c2=O)c(C)o1. The number of nitrogens with one attached hydrogen (secondary N) is 1. The van der Waals surface area contributed by atoms with E-state index < -0.39 is 5.97 Å². The zero-order valence-electron chi connectivity index (χ0n) is 13.0. The smallest absolute Gasteiger partial charge is 0.341 e. The molecule has 3 aromatic rings. The third-order valence-corrected chi connectivity index (χ3v) is 3.58. The number of hydrogen-bond acceptors (Lipinski definition) is 6. The largest absolute Gasteiger partial charge is 0.466 e. The highest BCUT2D eigenvalue weighted by Gasteiger charge is 2.16. The molecule has 0 spiro atoms. The molecule has 23 heavy (non-hydrogen) atoms. The lowest BCUT2D eigenvalue weighted by Crippen LogP contribution is -2.23. The summed E-state index contributed by atoms with van der Waals surface area (Å²) in [6, 6.07) is 1.63. The van der Waals surface area contributed by atoms with Crippen molar-refractivity contribution in [3.8, 4) is 0 Å². The van der Waals surface area contributed by atoms with Crippen LogP contribution in [0.5, 0.6) is 0 Å². The predicted molar refractivity (Wildman–Crippen MR) is 80.5 cm³/mol. The number of hydrogen-bond donors (Lipinski definition) is 1. The Morgan fingerprint density at radius 3 is 2.87 bits per heavy atom. The molecule has 0 amide bonds. The lowest BCUT2D eigenvalue weighted by atomic mass is 10.2. The topological polar surface area (TPSA) is 102 Å². The average molecular weight is 316 g/mol. The number of aromatic amines is 1. The van der Waals surface area contributed by atoms with E-state index >= 15 is 0 Å². The molecule has 3 rings (SSSR count). The molecule has 0 aliphatic heterocycles. The van der Waals surface area contributed by atoms with E-state index in [1.807, 2.05) is 0 Å². The van der Waals surface area contributed by atoms with Crippen molar-refractivity contribution in [3.05, 3.63) is 51.1 Å². The fourth-order valence-electron chi connectivity index (χ4n) is 2.44. The minimum Gasteiger partial charge on any atom is -0.466 e. The standard InChI is InChI=1S/C15H16N4O4/c1-8-6-12(10(3)23-8)14(21)22-5-4-11-9(2)18-15-16-7-17-19(15)13(11)20/h6-7H,4-5H2,1-3H3,(H,16,17,18). The molecule has 8 nitrogen and oxygen atoms in total. The van der Waals surface area contributed by atoms with Gasteiger partial charge in [-0.3, -0.25) is 9.89 Å². The lowest BCUT2D eigenvalue weighted by Gasteiger charge is -2.06. The zero-order chi connectivity index (χ0) is 16.6. The molecule has 0 aromatic carbocycles. The number of nitrogens with zero attached hydrogens (tertiary/aromatic N) is 3. The van der Waals surface area contributed by atoms with Gasteiger partial charge in [-0.1, -0.05) is 0 Å². The van der Waals surface area contributed by atoms with Crippen molar-refractivity contribution in [2.24, 2.45) is 0 Å². The van der Waals surface area contributed by atoms with E-state index in [9.17, 15) is 9.59 Å². The van der Waals surface area contributed by atoms with Gasteiger partial charge in [0.2, 0.25) is 0 Å². The molecule has 120 valence electrons. The Labute approximate surface area is 131 Å². The number of rotatable bonds is 4. The van der Waals surface area contributed by atoms with Crippen molar-refractivity contribution in [1.82, 2.24) is 19.6 Å². The van der Waals surface area contributed by atoms with Gasteiger partial charge in [0.05, 0.1) is 12.3 Å². The Kier molecular flexibility index (Phi) is 3.73. The highest BCUT2D eigenvalue weighted by molar-refractivity contribution is 5.90. The fraction of sp³-hybridized carbons (Fsp3) is 0.333. The molecule has 0 saturated carbocycles. The molecule has 0 atom stereocenters. The number of aromatic nitrogens is 4. The second-order valence-electron chi connectivity index (χ2n) is 5.22. The predicted octanol–water partition coefficient (Wildman–Crippen LogP) is 1.34. The molecule has 0 saturated heterocycles. The number of aryl methyl sites for hydroxylation is 3. The normalized spacial score (nSPS) is 11.1. The van der Waals surface area contributed by atoms with E-state index in [2.05, 4.69) is 15.1 Å². The highest BCUT2D eigenvalue weighted by atomic mass is 16.5. The fourth-order valence-corrected chi connectivity index (χ4v) is 2.44. The number of H-pyrrole nitrogens is 1. The zero-order valence-corrected chi connectivity index (χ0v) is 13.0. The summed E-state index contributed by atoms with van der Waals surface area (Å²) < 4.78 is 11.8. The van der Waals surface area contributed by atoms with Crippen molar-refractivity contribution in [3.63, 3.8) is 0 Å². The number of fused-ring (bicyclic) bond motifs is 1. The molecule has 0 aliphatic rings. The summed E-state index contributed by atoms with van der Waals surface area (Å²) in [5, 5.41) is 2.70. The molecule has 0 aliphatic carbocycles. The Morgan fingerprint density at radius 2 is 2.17 bits per heavy atom. The molecule has 0 fully saturated rings. The first-order valence-electron chi connectivity index (χ1n) is 7.13. The van der Waals surface area contributed by atoms with Crippen LogP contribution in [0, 0.1) is 20.8 Å². The average Bonchev–Trinajstić information content (AvgIpc) is 3.08. The summed E-state index contributed by atoms with van der Waals surface area (Å²) in [5.74, 6) is 1.02. The Balaban J connectivity index is 1.73. The molecule has 8 heteroatoms. The second kappa shape index (κ2) is 5.71. The monoisotopic (exact) mass is 316 g/mol. The van der Waals surface area contributed by atoms with E-state index in [0.717, 1.165) is 0 Å². The molecule has 0 radical (unpaired) electrons. The highest BCUT2D eigenvalue weighted by Crippen LogP contribution is 2.15. The molecular formula is C15H16N4O4. The van der Waals surface area contributed by atoms with Crippen LogP contribution >= 0.6 is 0 Å². The summed E-state index contributed by atoms with van der Waals surface area (Å²) in [5.41, 5.74) is 1.22. The molecule has 0 unspecified atom stereocenters. The van der Waals surface area contributed by atoms with Crippen LogP contribution in [0.25, 0.3) is 5.78 Å². The van der Waals surface area contributed by atoms with Gasteiger partial charge in [-0.05, 0) is 26.8 Å². The van der Waals surface area contributed by atoms with E-state index in [4.69, 9.17) is 9.15 Å². The van der Waals surface area contributed by atoms with Gasteiger partial charge >= 0.3 is 5.97 Å². The first-order chi connectivity index (χ1) is 11.0. The Hall–Kier alpha value is -2.90. The van der Waals surface area contributed by atoms with Gasteiger partial charge in [-0.25, -0.2) is 14.8 Å². The molecule has 0 bridgehead atoms. The van der Waals surface area contributed by atoms with Crippen LogP contribution in [0.3, 0.4) is 0 Å². The van der Waals surface area contributed by atoms with Gasteiger partial charge in [-0.2, -0.15) is 4.52 Å². The maximum atomic E-state index is 12.3. The first kappa shape index (κ1) is 15.0. The van der Waals surface area contributed by atoms with Gasteiger partial charge in [0.1, 0.15) is 23.4 Å². The second-order valence-corrected chi connectivity index (χ2v) is 5.22. The van der Waals surface area contributed by atoms with E-state index in [0.29, 0.717) is 34.1 Å². The maximum absolute atomic E-state index is 12.3. The van der Waals surface area contributed by atoms with Crippen molar-refractivity contribution in [2.45, 2.75) is 27.2 Å². The number of carbonyl (C=O) groups is 1. The van der Waals surface area contributed by atoms with E-state index in [-0.39, 0.29) is 18.6 Å². The van der Waals surface area contributed by atoms with Crippen LogP contribution in [-0.4, -0.2) is 32.2 Å². The van der Waals surface area contributed by atoms with Gasteiger partial charge in [-0.15, -0.1) is 0 Å². The van der Waals surface area contributed by atoms with Gasteiger partial charge in [0.25, 0.3) is 11.3 Å². The Bertz CT molecular complexity index is 935. The molecular weight excluding hydrogens is 300 g/mol. The van der Waals surface area contributed by atoms with Crippen molar-refractivity contribution >= 4 is 11.7 Å². The summed E-state index contributed by atoms with van der Waals surface area (Å²) in [7, 11) is 0. The van der Waals surface area contributed by atoms with Crippen LogP contribution < -0.4 is 5.56 Å². The van der Waals surface area contributed by atoms with Crippen molar-refractivity contribution in [2.75, 3.05) is 6.61 Å². The van der Waals surface area contributed by atoms with E-state index in [1.54, 1.807) is 26.8 Å². The lowest BCUT2D eigenvalue weighted by molar-refractivity contribution is 0.0506. The van der Waals surface area contributed by atoms with Crippen LogP contribution in [-0.2, 0) is 11.2 Å². The molecule has 1 N–H and O–H groups in total. The van der Waals surface area contributed by atoms with Crippen LogP contribution in [0.1, 0.15) is 33.1 Å². The quantitative estimate of drug-likeness (QED) is 0.729. The summed E-state index contributed by atoms with van der Waals surface area (Å²) in [6.45, 7) is 5.28. The van der Waals surface area contributed by atoms with Gasteiger partial charge in [0, 0.05) is 12.0 Å². The van der Waals surface area contributed by atoms with Crippen molar-refractivity contribution in [1.29, 1.82) is 0 Å². The van der Waals surface area contributed by atoms with Crippen LogP contribution in [0.2, 0.25) is 0 Å².